The zero-order chi connectivity index (χ0) is 14.9. The predicted octanol–water partition coefficient (Wildman–Crippen LogP) is 6.24. The van der Waals surface area contributed by atoms with Crippen molar-refractivity contribution in [3.05, 3.63) is 24.3 Å². The van der Waals surface area contributed by atoms with Gasteiger partial charge in [-0.05, 0) is 67.1 Å². The first-order valence-electron chi connectivity index (χ1n) is 8.72. The van der Waals surface area contributed by atoms with Crippen molar-refractivity contribution in [3.63, 3.8) is 0 Å². The fraction of sp³-hybridized carbons (Fsp3) is 0.800. The molecule has 0 nitrogen and oxygen atoms in total. The first kappa shape index (κ1) is 15.9. The first-order valence-corrected chi connectivity index (χ1v) is 8.72. The first-order chi connectivity index (χ1) is 9.36. The van der Waals surface area contributed by atoms with Crippen LogP contribution in [0.4, 0.5) is 0 Å². The molecule has 0 aromatic carbocycles. The number of rotatable bonds is 4. The summed E-state index contributed by atoms with van der Waals surface area (Å²) < 4.78 is 0. The molecule has 0 saturated heterocycles. The van der Waals surface area contributed by atoms with Crippen molar-refractivity contribution in [2.24, 2.45) is 35.0 Å². The fourth-order valence-corrected chi connectivity index (χ4v) is 4.74. The summed E-state index contributed by atoms with van der Waals surface area (Å²) in [7, 11) is 0. The number of allylic oxidation sites excluding steroid dienone is 3. The summed E-state index contributed by atoms with van der Waals surface area (Å²) in [6.45, 7) is 16.3. The molecule has 0 radical (unpaired) electrons. The van der Waals surface area contributed by atoms with E-state index in [4.69, 9.17) is 0 Å². The van der Waals surface area contributed by atoms with Crippen LogP contribution >= 0.6 is 0 Å². The van der Waals surface area contributed by atoms with Crippen LogP contribution in [0.5, 0.6) is 0 Å². The minimum absolute atomic E-state index is 0.528. The molecular weight excluding hydrogens is 240 g/mol. The Hall–Kier alpha value is -0.520. The molecule has 0 aliphatic heterocycles. The smallest absolute Gasteiger partial charge is 0.0149 e. The van der Waals surface area contributed by atoms with E-state index in [1.54, 1.807) is 5.57 Å². The van der Waals surface area contributed by atoms with E-state index >= 15 is 0 Å². The molecule has 4 unspecified atom stereocenters. The third kappa shape index (κ3) is 2.90. The van der Waals surface area contributed by atoms with Gasteiger partial charge in [0.05, 0.1) is 0 Å². The normalized spacial score (nSPS) is 37.4. The summed E-state index contributed by atoms with van der Waals surface area (Å²) in [6.07, 6.45) is 11.8. The Kier molecular flexibility index (Phi) is 4.82. The average Bonchev–Trinajstić information content (AvgIpc) is 2.74. The molecule has 0 bridgehead atoms. The monoisotopic (exact) mass is 274 g/mol. The van der Waals surface area contributed by atoms with Crippen LogP contribution in [0.25, 0.3) is 0 Å². The summed E-state index contributed by atoms with van der Waals surface area (Å²) >= 11 is 0. The van der Waals surface area contributed by atoms with Crippen LogP contribution in [-0.4, -0.2) is 0 Å². The van der Waals surface area contributed by atoms with Gasteiger partial charge in [-0.15, -0.1) is 0 Å². The van der Waals surface area contributed by atoms with Crippen molar-refractivity contribution < 1.29 is 0 Å². The van der Waals surface area contributed by atoms with E-state index in [1.165, 1.54) is 32.1 Å². The van der Waals surface area contributed by atoms with Gasteiger partial charge in [0.2, 0.25) is 0 Å². The largest absolute Gasteiger partial charge is 0.0996 e. The molecule has 2 rings (SSSR count). The van der Waals surface area contributed by atoms with Crippen LogP contribution in [-0.2, 0) is 0 Å². The molecule has 0 aromatic heterocycles. The second kappa shape index (κ2) is 6.08. The lowest BCUT2D eigenvalue weighted by Gasteiger charge is -2.43. The predicted molar refractivity (Wildman–Crippen MR) is 89.6 cm³/mol. The van der Waals surface area contributed by atoms with Crippen LogP contribution in [0, 0.1) is 35.0 Å². The Morgan fingerprint density at radius 3 is 2.50 bits per heavy atom. The molecule has 2 saturated carbocycles. The van der Waals surface area contributed by atoms with E-state index in [9.17, 15) is 0 Å². The second-order valence-corrected chi connectivity index (χ2v) is 8.10. The maximum absolute atomic E-state index is 4.38. The standard InChI is InChI=1S/C20H34/c1-14(2)15(3)9-10-17(5)19-12-11-18-16(4)8-7-13-20(18,19)6/h9-10,14-15,17-19H,4,7-8,11-13H2,1-3,5-6H3/b10-9+/t15-,17?,18?,19?,20?/m0/s1. The van der Waals surface area contributed by atoms with Gasteiger partial charge in [0.15, 0.2) is 0 Å². The highest BCUT2D eigenvalue weighted by atomic mass is 14.5. The quantitative estimate of drug-likeness (QED) is 0.532. The second-order valence-electron chi connectivity index (χ2n) is 8.10. The average molecular weight is 274 g/mol. The van der Waals surface area contributed by atoms with Crippen LogP contribution in [0.15, 0.2) is 24.3 Å². The molecular formula is C20H34. The molecule has 2 fully saturated rings. The van der Waals surface area contributed by atoms with Crippen molar-refractivity contribution in [1.82, 2.24) is 0 Å². The van der Waals surface area contributed by atoms with Gasteiger partial charge in [0, 0.05) is 0 Å². The van der Waals surface area contributed by atoms with Gasteiger partial charge in [-0.25, -0.2) is 0 Å². The third-order valence-corrected chi connectivity index (χ3v) is 6.52. The van der Waals surface area contributed by atoms with Gasteiger partial charge >= 0.3 is 0 Å². The summed E-state index contributed by atoms with van der Waals surface area (Å²) in [6, 6.07) is 0. The highest BCUT2D eigenvalue weighted by Gasteiger charge is 2.49. The summed E-state index contributed by atoms with van der Waals surface area (Å²) in [5.41, 5.74) is 2.08. The highest BCUT2D eigenvalue weighted by molar-refractivity contribution is 5.16. The number of hydrogen-bond acceptors (Lipinski definition) is 0. The van der Waals surface area contributed by atoms with Crippen LogP contribution in [0.1, 0.15) is 66.7 Å². The van der Waals surface area contributed by atoms with Gasteiger partial charge in [-0.2, -0.15) is 0 Å². The Balaban J connectivity index is 2.07. The van der Waals surface area contributed by atoms with Gasteiger partial charge in [-0.3, -0.25) is 0 Å². The Morgan fingerprint density at radius 2 is 1.85 bits per heavy atom. The molecule has 20 heavy (non-hydrogen) atoms. The molecule has 0 aromatic rings. The summed E-state index contributed by atoms with van der Waals surface area (Å²) in [5, 5.41) is 0. The number of fused-ring (bicyclic) bond motifs is 1. The van der Waals surface area contributed by atoms with E-state index < -0.39 is 0 Å². The lowest BCUT2D eigenvalue weighted by atomic mass is 9.61. The molecule has 0 amide bonds. The van der Waals surface area contributed by atoms with E-state index in [2.05, 4.69) is 53.3 Å². The maximum Gasteiger partial charge on any atom is -0.0149 e. The summed E-state index contributed by atoms with van der Waals surface area (Å²) in [4.78, 5) is 0. The molecule has 2 aliphatic carbocycles. The van der Waals surface area contributed by atoms with Crippen LogP contribution in [0.3, 0.4) is 0 Å². The molecule has 0 N–H and O–H groups in total. The topological polar surface area (TPSA) is 0 Å². The SMILES string of the molecule is C=C1CCCC2(C)C1CCC2C(C)/C=C/[C@H](C)C(C)C. The van der Waals surface area contributed by atoms with Crippen molar-refractivity contribution in [2.45, 2.75) is 66.7 Å². The Labute approximate surface area is 126 Å². The minimum Gasteiger partial charge on any atom is -0.0996 e. The van der Waals surface area contributed by atoms with E-state index in [1.807, 2.05) is 0 Å². The fourth-order valence-electron chi connectivity index (χ4n) is 4.74. The Bertz CT molecular complexity index is 375. The van der Waals surface area contributed by atoms with Crippen LogP contribution < -0.4 is 0 Å². The van der Waals surface area contributed by atoms with Crippen molar-refractivity contribution in [3.8, 4) is 0 Å². The third-order valence-electron chi connectivity index (χ3n) is 6.52. The molecule has 0 spiro atoms. The molecule has 5 atom stereocenters. The van der Waals surface area contributed by atoms with E-state index in [0.29, 0.717) is 11.3 Å². The van der Waals surface area contributed by atoms with E-state index in [-0.39, 0.29) is 0 Å². The molecule has 0 heterocycles. The number of hydrogen-bond donors (Lipinski definition) is 0. The van der Waals surface area contributed by atoms with Crippen molar-refractivity contribution >= 4 is 0 Å². The Morgan fingerprint density at radius 1 is 1.15 bits per heavy atom. The lowest BCUT2D eigenvalue weighted by Crippen LogP contribution is -2.35. The zero-order valence-corrected chi connectivity index (χ0v) is 14.3. The highest BCUT2D eigenvalue weighted by Crippen LogP contribution is 2.59. The van der Waals surface area contributed by atoms with Crippen molar-refractivity contribution in [1.29, 1.82) is 0 Å². The van der Waals surface area contributed by atoms with Gasteiger partial charge in [0.1, 0.15) is 0 Å². The van der Waals surface area contributed by atoms with Gasteiger partial charge in [-0.1, -0.05) is 58.9 Å². The molecule has 114 valence electrons. The van der Waals surface area contributed by atoms with Gasteiger partial charge < -0.3 is 0 Å². The van der Waals surface area contributed by atoms with Crippen LogP contribution in [0.2, 0.25) is 0 Å². The molecule has 0 heteroatoms. The minimum atomic E-state index is 0.528. The molecule has 2 aliphatic rings. The van der Waals surface area contributed by atoms with E-state index in [0.717, 1.165) is 23.7 Å². The van der Waals surface area contributed by atoms with Crippen molar-refractivity contribution in [2.75, 3.05) is 0 Å². The summed E-state index contributed by atoms with van der Waals surface area (Å²) in [5.74, 6) is 3.83. The van der Waals surface area contributed by atoms with Gasteiger partial charge in [0.25, 0.3) is 0 Å². The maximum atomic E-state index is 4.38. The zero-order valence-electron chi connectivity index (χ0n) is 14.3. The lowest BCUT2D eigenvalue weighted by molar-refractivity contribution is 0.112.